The fourth-order valence-electron chi connectivity index (χ4n) is 3.36. The van der Waals surface area contributed by atoms with E-state index in [-0.39, 0.29) is 17.8 Å². The number of carbonyl (C=O) groups excluding carboxylic acids is 1. The van der Waals surface area contributed by atoms with Gasteiger partial charge < -0.3 is 5.11 Å². The number of rotatable bonds is 6. The molecule has 30 heavy (non-hydrogen) atoms. The van der Waals surface area contributed by atoms with E-state index in [2.05, 4.69) is 5.10 Å². The third-order valence-corrected chi connectivity index (χ3v) is 6.11. The molecule has 7 heteroatoms. The summed E-state index contributed by atoms with van der Waals surface area (Å²) in [5, 5.41) is 16.5. The molecule has 0 aliphatic carbocycles. The Kier molecular flexibility index (Phi) is 5.53. The van der Waals surface area contributed by atoms with Gasteiger partial charge in [-0.2, -0.15) is 5.10 Å². The number of halogens is 1. The summed E-state index contributed by atoms with van der Waals surface area (Å²) in [6, 6.07) is 16.5. The minimum absolute atomic E-state index is 0.00120. The molecule has 4 rings (SSSR count). The van der Waals surface area contributed by atoms with Gasteiger partial charge >= 0.3 is 5.97 Å². The number of hydrogen-bond acceptors (Lipinski definition) is 4. The predicted molar refractivity (Wildman–Crippen MR) is 118 cm³/mol. The Bertz CT molecular complexity index is 1230. The number of ketones is 1. The van der Waals surface area contributed by atoms with Gasteiger partial charge in [0.2, 0.25) is 0 Å². The first-order valence-electron chi connectivity index (χ1n) is 9.18. The lowest BCUT2D eigenvalue weighted by molar-refractivity contribution is 0.0697. The van der Waals surface area contributed by atoms with Crippen LogP contribution in [0.2, 0.25) is 5.02 Å². The van der Waals surface area contributed by atoms with E-state index in [1.807, 2.05) is 37.3 Å². The summed E-state index contributed by atoms with van der Waals surface area (Å²) < 4.78 is 1.71. The molecule has 0 spiro atoms. The number of thiophene rings is 1. The van der Waals surface area contributed by atoms with Crippen molar-refractivity contribution < 1.29 is 14.7 Å². The minimum atomic E-state index is -1.05. The quantitative estimate of drug-likeness (QED) is 0.394. The lowest BCUT2D eigenvalue weighted by Gasteiger charge is -2.06. The second-order valence-corrected chi connectivity index (χ2v) is 8.15. The summed E-state index contributed by atoms with van der Waals surface area (Å²) in [4.78, 5) is 25.5. The zero-order valence-corrected chi connectivity index (χ0v) is 17.6. The molecule has 2 aromatic heterocycles. The maximum Gasteiger partial charge on any atom is 0.337 e. The molecule has 0 radical (unpaired) electrons. The van der Waals surface area contributed by atoms with Crippen LogP contribution < -0.4 is 0 Å². The number of aromatic nitrogens is 2. The van der Waals surface area contributed by atoms with Crippen molar-refractivity contribution in [1.29, 1.82) is 0 Å². The van der Waals surface area contributed by atoms with Crippen molar-refractivity contribution in [3.8, 4) is 16.8 Å². The Balaban J connectivity index is 1.65. The van der Waals surface area contributed by atoms with Crippen molar-refractivity contribution in [2.24, 2.45) is 0 Å². The number of para-hydroxylation sites is 1. The van der Waals surface area contributed by atoms with Gasteiger partial charge in [0.15, 0.2) is 5.78 Å². The van der Waals surface area contributed by atoms with E-state index in [0.717, 1.165) is 16.9 Å². The first-order chi connectivity index (χ1) is 14.5. The van der Waals surface area contributed by atoms with E-state index in [1.54, 1.807) is 40.5 Å². The Labute approximate surface area is 182 Å². The number of carboxylic acid groups (broad SMARTS) is 1. The van der Waals surface area contributed by atoms with Crippen LogP contribution in [0.25, 0.3) is 16.8 Å². The van der Waals surface area contributed by atoms with Crippen LogP contribution in [0.4, 0.5) is 0 Å². The fraction of sp³-hybridized carbons (Fsp3) is 0.0870. The minimum Gasteiger partial charge on any atom is -0.478 e. The summed E-state index contributed by atoms with van der Waals surface area (Å²) in [5.41, 5.74) is 3.56. The van der Waals surface area contributed by atoms with Crippen LogP contribution >= 0.6 is 22.9 Å². The van der Waals surface area contributed by atoms with Gasteiger partial charge in [-0.3, -0.25) is 4.79 Å². The highest BCUT2D eigenvalue weighted by Gasteiger charge is 2.23. The van der Waals surface area contributed by atoms with Crippen LogP contribution in [0.5, 0.6) is 0 Å². The highest BCUT2D eigenvalue weighted by atomic mass is 35.5. The van der Waals surface area contributed by atoms with E-state index < -0.39 is 5.97 Å². The standard InChI is InChI=1S/C23H17ClN2O3S/c1-14-18(12-25-26(14)17-5-3-2-4-6-17)20(27)11-21-22(23(28)29)19(13-30-21)15-7-9-16(24)10-8-15/h2-10,12-13H,11H2,1H3,(H,28,29). The lowest BCUT2D eigenvalue weighted by atomic mass is 10.00. The van der Waals surface area contributed by atoms with Crippen LogP contribution in [0.15, 0.2) is 66.2 Å². The Morgan fingerprint density at radius 1 is 1.10 bits per heavy atom. The van der Waals surface area contributed by atoms with Gasteiger partial charge in [-0.25, -0.2) is 9.48 Å². The highest BCUT2D eigenvalue weighted by Crippen LogP contribution is 2.33. The number of carbonyl (C=O) groups is 2. The fourth-order valence-corrected chi connectivity index (χ4v) is 4.53. The van der Waals surface area contributed by atoms with Gasteiger partial charge in [0, 0.05) is 21.9 Å². The van der Waals surface area contributed by atoms with Gasteiger partial charge in [-0.1, -0.05) is 41.9 Å². The molecule has 0 atom stereocenters. The number of aromatic carboxylic acids is 1. The summed E-state index contributed by atoms with van der Waals surface area (Å²) in [5.74, 6) is -1.22. The molecule has 1 N–H and O–H groups in total. The number of Topliss-reactive ketones (excluding diaryl/α,β-unsaturated/α-hetero) is 1. The predicted octanol–water partition coefficient (Wildman–Crippen LogP) is 5.69. The maximum atomic E-state index is 13.0. The molecule has 0 fully saturated rings. The molecule has 2 aromatic carbocycles. The van der Waals surface area contributed by atoms with Crippen molar-refractivity contribution in [3.63, 3.8) is 0 Å². The summed E-state index contributed by atoms with van der Waals surface area (Å²) in [7, 11) is 0. The van der Waals surface area contributed by atoms with Crippen molar-refractivity contribution in [3.05, 3.63) is 92.9 Å². The van der Waals surface area contributed by atoms with Crippen LogP contribution in [0, 0.1) is 6.92 Å². The van der Waals surface area contributed by atoms with Crippen LogP contribution in [-0.4, -0.2) is 26.6 Å². The van der Waals surface area contributed by atoms with Crippen molar-refractivity contribution >= 4 is 34.7 Å². The zero-order chi connectivity index (χ0) is 21.3. The number of nitrogens with zero attached hydrogens (tertiary/aromatic N) is 2. The molecule has 0 saturated heterocycles. The third kappa shape index (κ3) is 3.79. The van der Waals surface area contributed by atoms with E-state index in [4.69, 9.17) is 11.6 Å². The average Bonchev–Trinajstić information content (AvgIpc) is 3.33. The summed E-state index contributed by atoms with van der Waals surface area (Å²) in [6.07, 6.45) is 1.54. The molecule has 5 nitrogen and oxygen atoms in total. The van der Waals surface area contributed by atoms with Gasteiger partial charge in [-0.05, 0) is 42.1 Å². The van der Waals surface area contributed by atoms with E-state index in [9.17, 15) is 14.7 Å². The second-order valence-electron chi connectivity index (χ2n) is 6.75. The monoisotopic (exact) mass is 436 g/mol. The Morgan fingerprint density at radius 3 is 2.47 bits per heavy atom. The maximum absolute atomic E-state index is 13.0. The molecule has 0 aliphatic heterocycles. The number of hydrogen-bond donors (Lipinski definition) is 1. The molecule has 0 amide bonds. The van der Waals surface area contributed by atoms with Crippen LogP contribution in [-0.2, 0) is 6.42 Å². The SMILES string of the molecule is Cc1c(C(=O)Cc2scc(-c3ccc(Cl)cc3)c2C(=O)O)cnn1-c1ccccc1. The first-order valence-corrected chi connectivity index (χ1v) is 10.4. The van der Waals surface area contributed by atoms with Gasteiger partial charge in [0.1, 0.15) is 0 Å². The molecular weight excluding hydrogens is 420 g/mol. The second kappa shape index (κ2) is 8.26. The molecule has 4 aromatic rings. The van der Waals surface area contributed by atoms with Crippen LogP contribution in [0.3, 0.4) is 0 Å². The topological polar surface area (TPSA) is 72.2 Å². The summed E-state index contributed by atoms with van der Waals surface area (Å²) in [6.45, 7) is 1.83. The molecule has 0 saturated carbocycles. The molecule has 0 bridgehead atoms. The van der Waals surface area contributed by atoms with Gasteiger partial charge in [-0.15, -0.1) is 11.3 Å². The number of benzene rings is 2. The first kappa shape index (κ1) is 20.1. The summed E-state index contributed by atoms with van der Waals surface area (Å²) >= 11 is 7.21. The molecule has 150 valence electrons. The van der Waals surface area contributed by atoms with E-state index in [1.165, 1.54) is 11.3 Å². The highest BCUT2D eigenvalue weighted by molar-refractivity contribution is 7.11. The van der Waals surface area contributed by atoms with Crippen LogP contribution in [0.1, 0.15) is 31.3 Å². The molecule has 0 aliphatic rings. The largest absolute Gasteiger partial charge is 0.478 e. The smallest absolute Gasteiger partial charge is 0.337 e. The van der Waals surface area contributed by atoms with Gasteiger partial charge in [0.25, 0.3) is 0 Å². The van der Waals surface area contributed by atoms with E-state index in [0.29, 0.717) is 21.0 Å². The Morgan fingerprint density at radius 2 is 1.80 bits per heavy atom. The number of carboxylic acids is 1. The Hall–Kier alpha value is -3.22. The van der Waals surface area contributed by atoms with Crippen molar-refractivity contribution in [1.82, 2.24) is 9.78 Å². The average molecular weight is 437 g/mol. The van der Waals surface area contributed by atoms with Crippen molar-refractivity contribution in [2.45, 2.75) is 13.3 Å². The molecule has 0 unspecified atom stereocenters. The van der Waals surface area contributed by atoms with E-state index >= 15 is 0 Å². The van der Waals surface area contributed by atoms with Crippen molar-refractivity contribution in [2.75, 3.05) is 0 Å². The van der Waals surface area contributed by atoms with Gasteiger partial charge in [0.05, 0.1) is 28.7 Å². The molecular formula is C23H17ClN2O3S. The lowest BCUT2D eigenvalue weighted by Crippen LogP contribution is -2.08. The normalized spacial score (nSPS) is 10.9. The molecule has 2 heterocycles. The zero-order valence-electron chi connectivity index (χ0n) is 16.0. The third-order valence-electron chi connectivity index (χ3n) is 4.87.